The zero-order chi connectivity index (χ0) is 12.5. The average molecular weight is 259 g/mol. The highest BCUT2D eigenvalue weighted by Crippen LogP contribution is 2.38. The molecule has 17 heavy (non-hydrogen) atoms. The Kier molecular flexibility index (Phi) is 3.19. The van der Waals surface area contributed by atoms with Gasteiger partial charge in [-0.2, -0.15) is 0 Å². The maximum atomic E-state index is 13.3. The molecule has 2 rings (SSSR count). The van der Waals surface area contributed by atoms with Crippen LogP contribution in [0, 0.1) is 0 Å². The summed E-state index contributed by atoms with van der Waals surface area (Å²) in [6, 6.07) is 2.99. The predicted molar refractivity (Wildman–Crippen MR) is 61.2 cm³/mol. The Morgan fingerprint density at radius 2 is 2.35 bits per heavy atom. The first-order chi connectivity index (χ1) is 8.04. The number of amides is 1. The molecule has 1 fully saturated rings. The van der Waals surface area contributed by atoms with Gasteiger partial charge in [-0.15, -0.1) is 0 Å². The Balaban J connectivity index is 2.07. The summed E-state index contributed by atoms with van der Waals surface area (Å²) in [6.07, 6.45) is 1.01. The summed E-state index contributed by atoms with van der Waals surface area (Å²) in [5, 5.41) is 2.76. The molecule has 1 amide bonds. The number of methoxy groups -OCH3 is 1. The summed E-state index contributed by atoms with van der Waals surface area (Å²) in [7, 11) is 1.40. The van der Waals surface area contributed by atoms with Crippen LogP contribution >= 0.6 is 11.6 Å². The van der Waals surface area contributed by atoms with Crippen molar-refractivity contribution >= 4 is 17.5 Å². The number of hydrogen-bond donors (Lipinski definition) is 1. The van der Waals surface area contributed by atoms with Crippen LogP contribution in [0.2, 0.25) is 5.15 Å². The van der Waals surface area contributed by atoms with E-state index in [2.05, 4.69) is 10.3 Å². The minimum Gasteiger partial charge on any atom is -0.480 e. The number of halogens is 2. The van der Waals surface area contributed by atoms with Gasteiger partial charge in [0.05, 0.1) is 13.7 Å². The minimum atomic E-state index is -1.22. The van der Waals surface area contributed by atoms with E-state index in [0.717, 1.165) is 0 Å². The van der Waals surface area contributed by atoms with E-state index < -0.39 is 11.6 Å². The number of nitrogens with zero attached hydrogens (tertiary/aromatic N) is 1. The fourth-order valence-electron chi connectivity index (χ4n) is 1.39. The Morgan fingerprint density at radius 3 is 2.94 bits per heavy atom. The number of pyridine rings is 1. The van der Waals surface area contributed by atoms with Gasteiger partial charge < -0.3 is 10.1 Å². The molecule has 92 valence electrons. The number of alkyl halides is 1. The van der Waals surface area contributed by atoms with Gasteiger partial charge in [0.1, 0.15) is 16.4 Å². The third-order valence-electron chi connectivity index (χ3n) is 2.62. The van der Waals surface area contributed by atoms with E-state index in [9.17, 15) is 9.18 Å². The summed E-state index contributed by atoms with van der Waals surface area (Å²) in [5.41, 5.74) is -0.968. The predicted octanol–water partition coefficient (Wildman–Crippen LogP) is 1.98. The average Bonchev–Trinajstić information content (AvgIpc) is 3.04. The monoisotopic (exact) mass is 258 g/mol. The van der Waals surface area contributed by atoms with Crippen LogP contribution < -0.4 is 10.1 Å². The van der Waals surface area contributed by atoms with Gasteiger partial charge in [-0.1, -0.05) is 11.6 Å². The molecule has 0 aliphatic heterocycles. The summed E-state index contributed by atoms with van der Waals surface area (Å²) in [5.74, 6) is -0.270. The SMILES string of the molecule is COc1nc(Cl)ccc1C(=O)NCC1(F)CC1. The van der Waals surface area contributed by atoms with Crippen molar-refractivity contribution in [2.45, 2.75) is 18.5 Å². The summed E-state index contributed by atoms with van der Waals surface area (Å²) in [4.78, 5) is 15.6. The summed E-state index contributed by atoms with van der Waals surface area (Å²) >= 11 is 5.68. The highest BCUT2D eigenvalue weighted by atomic mass is 35.5. The van der Waals surface area contributed by atoms with Crippen molar-refractivity contribution in [3.63, 3.8) is 0 Å². The van der Waals surface area contributed by atoms with E-state index in [1.54, 1.807) is 0 Å². The van der Waals surface area contributed by atoms with Gasteiger partial charge in [0, 0.05) is 0 Å². The number of nitrogens with one attached hydrogen (secondary N) is 1. The molecule has 0 saturated heterocycles. The van der Waals surface area contributed by atoms with E-state index in [0.29, 0.717) is 12.8 Å². The van der Waals surface area contributed by atoms with Crippen molar-refractivity contribution in [2.75, 3.05) is 13.7 Å². The lowest BCUT2D eigenvalue weighted by Gasteiger charge is -2.10. The lowest BCUT2D eigenvalue weighted by atomic mass is 10.2. The van der Waals surface area contributed by atoms with E-state index in [1.165, 1.54) is 19.2 Å². The molecular formula is C11H12ClFN2O2. The van der Waals surface area contributed by atoms with Crippen LogP contribution in [0.3, 0.4) is 0 Å². The largest absolute Gasteiger partial charge is 0.480 e. The van der Waals surface area contributed by atoms with E-state index in [1.807, 2.05) is 0 Å². The number of hydrogen-bond acceptors (Lipinski definition) is 3. The first kappa shape index (κ1) is 12.1. The molecule has 1 aliphatic carbocycles. The fraction of sp³-hybridized carbons (Fsp3) is 0.455. The summed E-state index contributed by atoms with van der Waals surface area (Å²) < 4.78 is 18.3. The van der Waals surface area contributed by atoms with Crippen molar-refractivity contribution in [1.29, 1.82) is 0 Å². The van der Waals surface area contributed by atoms with Crippen LogP contribution in [0.4, 0.5) is 4.39 Å². The Bertz CT molecular complexity index is 449. The van der Waals surface area contributed by atoms with Gasteiger partial charge in [0.25, 0.3) is 5.91 Å². The van der Waals surface area contributed by atoms with Gasteiger partial charge in [-0.25, -0.2) is 9.37 Å². The normalized spacial score (nSPS) is 16.4. The first-order valence-corrected chi connectivity index (χ1v) is 5.59. The van der Waals surface area contributed by atoms with E-state index in [4.69, 9.17) is 16.3 Å². The molecule has 1 aromatic rings. The van der Waals surface area contributed by atoms with Crippen LogP contribution in [0.15, 0.2) is 12.1 Å². The van der Waals surface area contributed by atoms with Crippen LogP contribution in [-0.2, 0) is 0 Å². The van der Waals surface area contributed by atoms with Gasteiger partial charge in [0.15, 0.2) is 0 Å². The number of aromatic nitrogens is 1. The molecule has 6 heteroatoms. The molecule has 0 unspecified atom stereocenters. The van der Waals surface area contributed by atoms with Crippen LogP contribution in [0.5, 0.6) is 5.88 Å². The Labute approximate surface area is 103 Å². The molecule has 1 aliphatic rings. The zero-order valence-electron chi connectivity index (χ0n) is 9.30. The maximum Gasteiger partial charge on any atom is 0.256 e. The second-order valence-corrected chi connectivity index (χ2v) is 4.41. The van der Waals surface area contributed by atoms with Crippen molar-refractivity contribution in [3.8, 4) is 5.88 Å². The highest BCUT2D eigenvalue weighted by Gasteiger charge is 2.43. The van der Waals surface area contributed by atoms with Gasteiger partial charge in [0.2, 0.25) is 5.88 Å². The fourth-order valence-corrected chi connectivity index (χ4v) is 1.53. The Morgan fingerprint density at radius 1 is 1.65 bits per heavy atom. The third-order valence-corrected chi connectivity index (χ3v) is 2.83. The lowest BCUT2D eigenvalue weighted by molar-refractivity contribution is 0.0934. The van der Waals surface area contributed by atoms with Crippen LogP contribution in [-0.4, -0.2) is 30.2 Å². The van der Waals surface area contributed by atoms with Gasteiger partial charge in [-0.05, 0) is 25.0 Å². The maximum absolute atomic E-state index is 13.3. The topological polar surface area (TPSA) is 51.2 Å². The minimum absolute atomic E-state index is 0.0254. The highest BCUT2D eigenvalue weighted by molar-refractivity contribution is 6.29. The van der Waals surface area contributed by atoms with Gasteiger partial charge in [-0.3, -0.25) is 4.79 Å². The Hall–Kier alpha value is -1.36. The molecule has 0 spiro atoms. The van der Waals surface area contributed by atoms with Gasteiger partial charge >= 0.3 is 0 Å². The molecule has 1 heterocycles. The zero-order valence-corrected chi connectivity index (χ0v) is 10.1. The standard InChI is InChI=1S/C11H12ClFN2O2/c1-17-10-7(2-3-8(12)15-10)9(16)14-6-11(13)4-5-11/h2-3H,4-6H2,1H3,(H,14,16). The molecule has 0 atom stereocenters. The molecule has 0 aromatic carbocycles. The molecule has 1 aromatic heterocycles. The number of ether oxygens (including phenoxy) is 1. The lowest BCUT2D eigenvalue weighted by Crippen LogP contribution is -2.31. The van der Waals surface area contributed by atoms with Crippen molar-refractivity contribution in [1.82, 2.24) is 10.3 Å². The quantitative estimate of drug-likeness (QED) is 0.840. The number of rotatable bonds is 4. The molecule has 0 radical (unpaired) electrons. The van der Waals surface area contributed by atoms with E-state index in [-0.39, 0.29) is 23.1 Å². The van der Waals surface area contributed by atoms with Crippen molar-refractivity contribution in [2.24, 2.45) is 0 Å². The molecule has 0 bridgehead atoms. The molecule has 1 N–H and O–H groups in total. The second kappa shape index (κ2) is 4.49. The van der Waals surface area contributed by atoms with Crippen molar-refractivity contribution < 1.29 is 13.9 Å². The van der Waals surface area contributed by atoms with Crippen LogP contribution in [0.1, 0.15) is 23.2 Å². The molecule has 1 saturated carbocycles. The smallest absolute Gasteiger partial charge is 0.256 e. The number of carbonyl (C=O) groups is 1. The second-order valence-electron chi connectivity index (χ2n) is 4.02. The first-order valence-electron chi connectivity index (χ1n) is 5.22. The van der Waals surface area contributed by atoms with Crippen molar-refractivity contribution in [3.05, 3.63) is 22.8 Å². The van der Waals surface area contributed by atoms with Crippen LogP contribution in [0.25, 0.3) is 0 Å². The summed E-state index contributed by atoms with van der Waals surface area (Å²) in [6.45, 7) is 0.0254. The number of carbonyl (C=O) groups excluding carboxylic acids is 1. The molecular weight excluding hydrogens is 247 g/mol. The van der Waals surface area contributed by atoms with E-state index >= 15 is 0 Å². The third kappa shape index (κ3) is 2.85. The molecule has 4 nitrogen and oxygen atoms in total.